The van der Waals surface area contributed by atoms with E-state index in [-0.39, 0.29) is 11.6 Å². The van der Waals surface area contributed by atoms with E-state index in [9.17, 15) is 4.79 Å². The summed E-state index contributed by atoms with van der Waals surface area (Å²) in [6.45, 7) is 4.09. The lowest BCUT2D eigenvalue weighted by Crippen LogP contribution is -2.14. The highest BCUT2D eigenvalue weighted by molar-refractivity contribution is 6.30. The average Bonchev–Trinajstić information content (AvgIpc) is 2.59. The third kappa shape index (κ3) is 4.14. The van der Waals surface area contributed by atoms with Crippen LogP contribution in [-0.2, 0) is 0 Å². The SMILES string of the molecule is Cc1cccc(Nc2cnc(C(=O)Nc3cccc(Cl)c3)cn2)c1C. The summed E-state index contributed by atoms with van der Waals surface area (Å²) in [6.07, 6.45) is 2.97. The summed E-state index contributed by atoms with van der Waals surface area (Å²) in [5.41, 5.74) is 4.14. The Balaban J connectivity index is 1.71. The first kappa shape index (κ1) is 16.9. The van der Waals surface area contributed by atoms with Gasteiger partial charge in [0, 0.05) is 16.4 Å². The zero-order valence-corrected chi connectivity index (χ0v) is 14.6. The minimum Gasteiger partial charge on any atom is -0.339 e. The fourth-order valence-corrected chi connectivity index (χ4v) is 2.49. The Bertz CT molecular complexity index is 910. The van der Waals surface area contributed by atoms with Crippen molar-refractivity contribution in [2.75, 3.05) is 10.6 Å². The van der Waals surface area contributed by atoms with Gasteiger partial charge in [-0.1, -0.05) is 29.8 Å². The molecule has 6 heteroatoms. The summed E-state index contributed by atoms with van der Waals surface area (Å²) in [5.74, 6) is 0.237. The van der Waals surface area contributed by atoms with Crippen LogP contribution in [0.15, 0.2) is 54.9 Å². The van der Waals surface area contributed by atoms with Crippen molar-refractivity contribution in [3.8, 4) is 0 Å². The van der Waals surface area contributed by atoms with Gasteiger partial charge in [-0.25, -0.2) is 9.97 Å². The van der Waals surface area contributed by atoms with E-state index in [4.69, 9.17) is 11.6 Å². The number of carbonyl (C=O) groups is 1. The first-order chi connectivity index (χ1) is 12.0. The van der Waals surface area contributed by atoms with E-state index in [1.165, 1.54) is 18.0 Å². The number of benzene rings is 2. The maximum Gasteiger partial charge on any atom is 0.275 e. The van der Waals surface area contributed by atoms with Crippen molar-refractivity contribution in [3.63, 3.8) is 0 Å². The molecule has 25 heavy (non-hydrogen) atoms. The molecule has 3 aromatic rings. The number of rotatable bonds is 4. The van der Waals surface area contributed by atoms with E-state index in [2.05, 4.69) is 33.6 Å². The van der Waals surface area contributed by atoms with Crippen molar-refractivity contribution < 1.29 is 4.79 Å². The molecule has 0 saturated carbocycles. The molecule has 0 radical (unpaired) electrons. The zero-order valence-electron chi connectivity index (χ0n) is 13.9. The van der Waals surface area contributed by atoms with Gasteiger partial charge < -0.3 is 10.6 Å². The Labute approximate surface area is 151 Å². The number of hydrogen-bond acceptors (Lipinski definition) is 4. The van der Waals surface area contributed by atoms with Gasteiger partial charge in [-0.3, -0.25) is 4.79 Å². The highest BCUT2D eigenvalue weighted by Crippen LogP contribution is 2.21. The predicted molar refractivity (Wildman–Crippen MR) is 101 cm³/mol. The van der Waals surface area contributed by atoms with E-state index in [0.717, 1.165) is 11.3 Å². The topological polar surface area (TPSA) is 66.9 Å². The Morgan fingerprint density at radius 1 is 1.04 bits per heavy atom. The number of aromatic nitrogens is 2. The second-order valence-electron chi connectivity index (χ2n) is 5.62. The number of anilines is 3. The number of hydrogen-bond donors (Lipinski definition) is 2. The number of halogens is 1. The van der Waals surface area contributed by atoms with Crippen LogP contribution >= 0.6 is 11.6 Å². The predicted octanol–water partition coefficient (Wildman–Crippen LogP) is 4.74. The summed E-state index contributed by atoms with van der Waals surface area (Å²) >= 11 is 5.91. The molecule has 0 aliphatic heterocycles. The van der Waals surface area contributed by atoms with Crippen molar-refractivity contribution in [2.24, 2.45) is 0 Å². The van der Waals surface area contributed by atoms with Crippen LogP contribution in [0, 0.1) is 13.8 Å². The van der Waals surface area contributed by atoms with Gasteiger partial charge in [-0.15, -0.1) is 0 Å². The number of nitrogens with one attached hydrogen (secondary N) is 2. The lowest BCUT2D eigenvalue weighted by molar-refractivity contribution is 0.102. The summed E-state index contributed by atoms with van der Waals surface area (Å²) in [5, 5.41) is 6.50. The highest BCUT2D eigenvalue weighted by Gasteiger charge is 2.09. The van der Waals surface area contributed by atoms with Crippen LogP contribution in [0.4, 0.5) is 17.2 Å². The largest absolute Gasteiger partial charge is 0.339 e. The van der Waals surface area contributed by atoms with Crippen molar-refractivity contribution in [2.45, 2.75) is 13.8 Å². The van der Waals surface area contributed by atoms with Crippen LogP contribution in [0.5, 0.6) is 0 Å². The summed E-state index contributed by atoms with van der Waals surface area (Å²) < 4.78 is 0. The molecular weight excluding hydrogens is 336 g/mol. The summed E-state index contributed by atoms with van der Waals surface area (Å²) in [7, 11) is 0. The van der Waals surface area contributed by atoms with Gasteiger partial charge >= 0.3 is 0 Å². The van der Waals surface area contributed by atoms with Crippen LogP contribution in [0.25, 0.3) is 0 Å². The second kappa shape index (κ2) is 7.32. The molecule has 1 heterocycles. The Kier molecular flexibility index (Phi) is 4.95. The number of amides is 1. The standard InChI is InChI=1S/C19H17ClN4O/c1-12-5-3-8-16(13(12)2)24-18-11-21-17(10-22-18)19(25)23-15-7-4-6-14(20)9-15/h3-11H,1-2H3,(H,22,24)(H,23,25). The molecule has 0 atom stereocenters. The summed E-state index contributed by atoms with van der Waals surface area (Å²) in [6, 6.07) is 12.9. The molecule has 0 spiro atoms. The molecule has 0 aliphatic rings. The minimum absolute atomic E-state index is 0.228. The fourth-order valence-electron chi connectivity index (χ4n) is 2.30. The van der Waals surface area contributed by atoms with Crippen LogP contribution in [-0.4, -0.2) is 15.9 Å². The lowest BCUT2D eigenvalue weighted by Gasteiger charge is -2.11. The molecule has 0 saturated heterocycles. The van der Waals surface area contributed by atoms with Gasteiger partial charge in [-0.05, 0) is 49.2 Å². The van der Waals surface area contributed by atoms with Crippen molar-refractivity contribution in [3.05, 3.63) is 76.7 Å². The zero-order chi connectivity index (χ0) is 17.8. The normalized spacial score (nSPS) is 10.4. The Hall–Kier alpha value is -2.92. The number of nitrogens with zero attached hydrogens (tertiary/aromatic N) is 2. The van der Waals surface area contributed by atoms with E-state index in [1.54, 1.807) is 24.3 Å². The highest BCUT2D eigenvalue weighted by atomic mass is 35.5. The lowest BCUT2D eigenvalue weighted by atomic mass is 10.1. The van der Waals surface area contributed by atoms with Crippen LogP contribution in [0.2, 0.25) is 5.02 Å². The smallest absolute Gasteiger partial charge is 0.275 e. The van der Waals surface area contributed by atoms with E-state index < -0.39 is 0 Å². The van der Waals surface area contributed by atoms with Gasteiger partial charge in [0.15, 0.2) is 0 Å². The molecular formula is C19H17ClN4O. The Morgan fingerprint density at radius 3 is 2.56 bits per heavy atom. The molecule has 2 aromatic carbocycles. The number of carbonyl (C=O) groups excluding carboxylic acids is 1. The monoisotopic (exact) mass is 352 g/mol. The van der Waals surface area contributed by atoms with Crippen LogP contribution in [0.1, 0.15) is 21.6 Å². The second-order valence-corrected chi connectivity index (χ2v) is 6.06. The maximum absolute atomic E-state index is 12.2. The average molecular weight is 353 g/mol. The molecule has 0 aliphatic carbocycles. The van der Waals surface area contributed by atoms with Gasteiger partial charge in [-0.2, -0.15) is 0 Å². The van der Waals surface area contributed by atoms with Crippen LogP contribution in [0.3, 0.4) is 0 Å². The van der Waals surface area contributed by atoms with Gasteiger partial charge in [0.1, 0.15) is 11.5 Å². The first-order valence-corrected chi connectivity index (χ1v) is 8.13. The molecule has 3 rings (SSSR count). The molecule has 5 nitrogen and oxygen atoms in total. The molecule has 0 fully saturated rings. The number of aryl methyl sites for hydroxylation is 1. The molecule has 126 valence electrons. The summed E-state index contributed by atoms with van der Waals surface area (Å²) in [4.78, 5) is 20.7. The third-order valence-corrected chi connectivity index (χ3v) is 4.07. The van der Waals surface area contributed by atoms with E-state index in [0.29, 0.717) is 16.5 Å². The van der Waals surface area contributed by atoms with Crippen molar-refractivity contribution in [1.82, 2.24) is 9.97 Å². The van der Waals surface area contributed by atoms with Crippen molar-refractivity contribution >= 4 is 34.7 Å². The van der Waals surface area contributed by atoms with E-state index in [1.807, 2.05) is 19.1 Å². The third-order valence-electron chi connectivity index (χ3n) is 3.83. The van der Waals surface area contributed by atoms with E-state index >= 15 is 0 Å². The van der Waals surface area contributed by atoms with Gasteiger partial charge in [0.05, 0.1) is 12.4 Å². The maximum atomic E-state index is 12.2. The van der Waals surface area contributed by atoms with Gasteiger partial charge in [0.25, 0.3) is 5.91 Å². The molecule has 0 bridgehead atoms. The quantitative estimate of drug-likeness (QED) is 0.711. The van der Waals surface area contributed by atoms with Crippen LogP contribution < -0.4 is 10.6 Å². The van der Waals surface area contributed by atoms with Gasteiger partial charge in [0.2, 0.25) is 0 Å². The van der Waals surface area contributed by atoms with Crippen molar-refractivity contribution in [1.29, 1.82) is 0 Å². The molecule has 1 amide bonds. The fraction of sp³-hybridized carbons (Fsp3) is 0.105. The molecule has 0 unspecified atom stereocenters. The Morgan fingerprint density at radius 2 is 1.84 bits per heavy atom. The first-order valence-electron chi connectivity index (χ1n) is 7.75. The minimum atomic E-state index is -0.340. The molecule has 2 N–H and O–H groups in total. The molecule has 1 aromatic heterocycles.